The molecule has 2 rings (SSSR count). The number of carbonyl (C=O) groups is 1. The Morgan fingerprint density at radius 3 is 2.35 bits per heavy atom. The second kappa shape index (κ2) is 8.79. The van der Waals surface area contributed by atoms with Gasteiger partial charge in [0.05, 0.1) is 11.5 Å². The molecule has 0 radical (unpaired) electrons. The summed E-state index contributed by atoms with van der Waals surface area (Å²) in [6, 6.07) is 13.4. The van der Waals surface area contributed by atoms with Crippen LogP contribution in [0.15, 0.2) is 53.4 Å². The summed E-state index contributed by atoms with van der Waals surface area (Å²) in [6.45, 7) is 0.898. The summed E-state index contributed by atoms with van der Waals surface area (Å²) >= 11 is 0. The van der Waals surface area contributed by atoms with E-state index in [1.54, 1.807) is 19.2 Å². The molecule has 2 aromatic carbocycles. The van der Waals surface area contributed by atoms with Crippen LogP contribution < -0.4 is 10.6 Å². The Kier molecular flexibility index (Phi) is 6.73. The average Bonchev–Trinajstić information content (AvgIpc) is 2.61. The third kappa shape index (κ3) is 5.29. The van der Waals surface area contributed by atoms with E-state index in [-0.39, 0.29) is 4.90 Å². The minimum atomic E-state index is -3.55. The molecule has 140 valence electrons. The first kappa shape index (κ1) is 19.9. The summed E-state index contributed by atoms with van der Waals surface area (Å²) in [5.41, 5.74) is 2.41. The SMILES string of the molecule is COCc1ccc(CNC(=O)Nc2cccc(S(=O)(=O)N(C)C)c2)cc1. The lowest BCUT2D eigenvalue weighted by atomic mass is 10.1. The van der Waals surface area contributed by atoms with Gasteiger partial charge in [0.1, 0.15) is 0 Å². The highest BCUT2D eigenvalue weighted by atomic mass is 32.2. The summed E-state index contributed by atoms with van der Waals surface area (Å²) in [5, 5.41) is 5.38. The Morgan fingerprint density at radius 1 is 1.08 bits per heavy atom. The number of hydrogen-bond acceptors (Lipinski definition) is 4. The number of sulfonamides is 1. The average molecular weight is 377 g/mol. The van der Waals surface area contributed by atoms with Crippen LogP contribution in [0, 0.1) is 0 Å². The molecule has 26 heavy (non-hydrogen) atoms. The molecule has 0 spiro atoms. The molecular formula is C18H23N3O4S. The van der Waals surface area contributed by atoms with Crippen LogP contribution in [0.2, 0.25) is 0 Å². The number of amides is 2. The van der Waals surface area contributed by atoms with Gasteiger partial charge < -0.3 is 15.4 Å². The topological polar surface area (TPSA) is 87.7 Å². The molecule has 2 amide bonds. The third-order valence-electron chi connectivity index (χ3n) is 3.66. The first-order valence-corrected chi connectivity index (χ1v) is 9.41. The minimum absolute atomic E-state index is 0.119. The van der Waals surface area contributed by atoms with Crippen molar-refractivity contribution in [3.05, 3.63) is 59.7 Å². The number of anilines is 1. The maximum Gasteiger partial charge on any atom is 0.319 e. The number of benzene rings is 2. The van der Waals surface area contributed by atoms with Crippen molar-refractivity contribution >= 4 is 21.7 Å². The number of methoxy groups -OCH3 is 1. The van der Waals surface area contributed by atoms with Crippen molar-refractivity contribution in [1.29, 1.82) is 0 Å². The number of hydrogen-bond donors (Lipinski definition) is 2. The molecule has 0 unspecified atom stereocenters. The molecule has 0 aliphatic rings. The molecule has 0 bridgehead atoms. The molecule has 2 aromatic rings. The second-order valence-electron chi connectivity index (χ2n) is 5.87. The van der Waals surface area contributed by atoms with Crippen LogP contribution in [0.4, 0.5) is 10.5 Å². The van der Waals surface area contributed by atoms with E-state index in [1.807, 2.05) is 24.3 Å². The Morgan fingerprint density at radius 2 is 1.73 bits per heavy atom. The number of ether oxygens (including phenoxy) is 1. The van der Waals surface area contributed by atoms with Gasteiger partial charge in [-0.05, 0) is 29.3 Å². The highest BCUT2D eigenvalue weighted by Crippen LogP contribution is 2.17. The Bertz CT molecular complexity index is 849. The number of urea groups is 1. The molecule has 0 fully saturated rings. The van der Waals surface area contributed by atoms with Crippen LogP contribution in [0.25, 0.3) is 0 Å². The molecule has 2 N–H and O–H groups in total. The van der Waals surface area contributed by atoms with E-state index in [0.29, 0.717) is 18.8 Å². The van der Waals surface area contributed by atoms with Crippen molar-refractivity contribution < 1.29 is 17.9 Å². The van der Waals surface area contributed by atoms with Crippen LogP contribution in [0.5, 0.6) is 0 Å². The van der Waals surface area contributed by atoms with E-state index in [9.17, 15) is 13.2 Å². The highest BCUT2D eigenvalue weighted by Gasteiger charge is 2.17. The van der Waals surface area contributed by atoms with Crippen molar-refractivity contribution in [2.75, 3.05) is 26.5 Å². The molecule has 0 saturated carbocycles. The maximum atomic E-state index is 12.1. The normalized spacial score (nSPS) is 11.4. The van der Waals surface area contributed by atoms with Gasteiger partial charge in [-0.3, -0.25) is 0 Å². The lowest BCUT2D eigenvalue weighted by Gasteiger charge is -2.13. The number of nitrogens with zero attached hydrogens (tertiary/aromatic N) is 1. The van der Waals surface area contributed by atoms with E-state index in [4.69, 9.17) is 4.74 Å². The van der Waals surface area contributed by atoms with Gasteiger partial charge in [-0.15, -0.1) is 0 Å². The fraction of sp³-hybridized carbons (Fsp3) is 0.278. The van der Waals surface area contributed by atoms with Gasteiger partial charge in [0.15, 0.2) is 0 Å². The first-order chi connectivity index (χ1) is 12.3. The standard InChI is InChI=1S/C18H23N3O4S/c1-21(2)26(23,24)17-6-4-5-16(11-17)20-18(22)19-12-14-7-9-15(10-8-14)13-25-3/h4-11H,12-13H2,1-3H3,(H2,19,20,22). The lowest BCUT2D eigenvalue weighted by molar-refractivity contribution is 0.185. The zero-order chi connectivity index (χ0) is 19.2. The Labute approximate surface area is 154 Å². The summed E-state index contributed by atoms with van der Waals surface area (Å²) in [6.07, 6.45) is 0. The molecule has 0 aliphatic heterocycles. The number of carbonyl (C=O) groups excluding carboxylic acids is 1. The van der Waals surface area contributed by atoms with Gasteiger partial charge >= 0.3 is 6.03 Å². The monoisotopic (exact) mass is 377 g/mol. The van der Waals surface area contributed by atoms with E-state index in [2.05, 4.69) is 10.6 Å². The van der Waals surface area contributed by atoms with Crippen molar-refractivity contribution in [1.82, 2.24) is 9.62 Å². The van der Waals surface area contributed by atoms with Gasteiger partial charge in [-0.1, -0.05) is 30.3 Å². The predicted molar refractivity (Wildman–Crippen MR) is 100 cm³/mol. The van der Waals surface area contributed by atoms with Crippen molar-refractivity contribution in [2.45, 2.75) is 18.0 Å². The van der Waals surface area contributed by atoms with Gasteiger partial charge in [0.2, 0.25) is 10.0 Å². The smallest absolute Gasteiger partial charge is 0.319 e. The Balaban J connectivity index is 1.95. The molecule has 0 heterocycles. The molecular weight excluding hydrogens is 354 g/mol. The maximum absolute atomic E-state index is 12.1. The summed E-state index contributed by atoms with van der Waals surface area (Å²) in [5.74, 6) is 0. The molecule has 0 aliphatic carbocycles. The molecule has 0 atom stereocenters. The Hall–Kier alpha value is -2.42. The van der Waals surface area contributed by atoms with Crippen molar-refractivity contribution in [2.24, 2.45) is 0 Å². The van der Waals surface area contributed by atoms with E-state index < -0.39 is 16.1 Å². The highest BCUT2D eigenvalue weighted by molar-refractivity contribution is 7.89. The van der Waals surface area contributed by atoms with Crippen LogP contribution >= 0.6 is 0 Å². The lowest BCUT2D eigenvalue weighted by Crippen LogP contribution is -2.28. The third-order valence-corrected chi connectivity index (χ3v) is 5.47. The number of nitrogens with one attached hydrogen (secondary N) is 2. The van der Waals surface area contributed by atoms with Gasteiger partial charge in [-0.25, -0.2) is 17.5 Å². The summed E-state index contributed by atoms with van der Waals surface area (Å²) < 4.78 is 30.5. The number of rotatable bonds is 7. The largest absolute Gasteiger partial charge is 0.380 e. The molecule has 7 nitrogen and oxygen atoms in total. The van der Waals surface area contributed by atoms with Crippen molar-refractivity contribution in [3.8, 4) is 0 Å². The van der Waals surface area contributed by atoms with Gasteiger partial charge in [0, 0.05) is 33.4 Å². The van der Waals surface area contributed by atoms with E-state index >= 15 is 0 Å². The molecule has 8 heteroatoms. The summed E-state index contributed by atoms with van der Waals surface area (Å²) in [7, 11) is 1.01. The van der Waals surface area contributed by atoms with Crippen LogP contribution in [0.3, 0.4) is 0 Å². The zero-order valence-corrected chi connectivity index (χ0v) is 15.8. The second-order valence-corrected chi connectivity index (χ2v) is 8.02. The molecule has 0 saturated heterocycles. The summed E-state index contributed by atoms with van der Waals surface area (Å²) in [4.78, 5) is 12.2. The predicted octanol–water partition coefficient (Wildman–Crippen LogP) is 2.41. The fourth-order valence-corrected chi connectivity index (χ4v) is 3.17. The van der Waals surface area contributed by atoms with Crippen LogP contribution in [-0.2, 0) is 27.9 Å². The van der Waals surface area contributed by atoms with Gasteiger partial charge in [-0.2, -0.15) is 0 Å². The first-order valence-electron chi connectivity index (χ1n) is 7.97. The fourth-order valence-electron chi connectivity index (χ4n) is 2.22. The van der Waals surface area contributed by atoms with E-state index in [1.165, 1.54) is 26.2 Å². The van der Waals surface area contributed by atoms with Crippen LogP contribution in [0.1, 0.15) is 11.1 Å². The van der Waals surface area contributed by atoms with E-state index in [0.717, 1.165) is 15.4 Å². The minimum Gasteiger partial charge on any atom is -0.380 e. The van der Waals surface area contributed by atoms with Crippen LogP contribution in [-0.4, -0.2) is 40.0 Å². The molecule has 0 aromatic heterocycles. The van der Waals surface area contributed by atoms with Crippen molar-refractivity contribution in [3.63, 3.8) is 0 Å². The zero-order valence-electron chi connectivity index (χ0n) is 15.0. The quantitative estimate of drug-likeness (QED) is 0.776. The van der Waals surface area contributed by atoms with Gasteiger partial charge in [0.25, 0.3) is 0 Å².